The number of hydrogen-bond acceptors (Lipinski definition) is 2. The van der Waals surface area contributed by atoms with Crippen molar-refractivity contribution < 1.29 is 0 Å². The minimum absolute atomic E-state index is 0.139. The van der Waals surface area contributed by atoms with Crippen LogP contribution in [0.2, 0.25) is 0 Å². The van der Waals surface area contributed by atoms with Gasteiger partial charge in [-0.1, -0.05) is 20.8 Å². The zero-order valence-electron chi connectivity index (χ0n) is 9.28. The van der Waals surface area contributed by atoms with Crippen molar-refractivity contribution in [3.63, 3.8) is 0 Å². The first-order valence-corrected chi connectivity index (χ1v) is 4.62. The second-order valence-electron chi connectivity index (χ2n) is 4.38. The molecule has 3 heteroatoms. The van der Waals surface area contributed by atoms with Crippen LogP contribution in [0.1, 0.15) is 26.3 Å². The number of aryl methyl sites for hydroxylation is 1. The molecule has 0 aliphatic rings. The molecule has 0 unspecified atom stereocenters. The van der Waals surface area contributed by atoms with Gasteiger partial charge in [0.1, 0.15) is 0 Å². The summed E-state index contributed by atoms with van der Waals surface area (Å²) in [6.45, 7) is 9.88. The molecule has 0 saturated heterocycles. The maximum absolute atomic E-state index is 3.96. The van der Waals surface area contributed by atoms with E-state index in [4.69, 9.17) is 0 Å². The lowest BCUT2D eigenvalue weighted by Crippen LogP contribution is -2.21. The van der Waals surface area contributed by atoms with Gasteiger partial charge in [-0.15, -0.1) is 5.10 Å². The van der Waals surface area contributed by atoms with Crippen LogP contribution >= 0.6 is 0 Å². The molecule has 0 N–H and O–H groups in total. The van der Waals surface area contributed by atoms with E-state index >= 15 is 0 Å². The molecule has 0 radical (unpaired) electrons. The fourth-order valence-electron chi connectivity index (χ4n) is 1.20. The summed E-state index contributed by atoms with van der Waals surface area (Å²) in [5, 5.41) is 7.50. The summed E-state index contributed by atoms with van der Waals surface area (Å²) in [5.41, 5.74) is 2.21. The number of aromatic nitrogens is 1. The van der Waals surface area contributed by atoms with Gasteiger partial charge in [0.15, 0.2) is 5.49 Å². The van der Waals surface area contributed by atoms with Crippen LogP contribution in [-0.2, 0) is 12.5 Å². The molecule has 0 aromatic carbocycles. The van der Waals surface area contributed by atoms with Crippen LogP contribution in [0, 0.1) is 0 Å². The van der Waals surface area contributed by atoms with Crippen LogP contribution in [0.4, 0.5) is 0 Å². The van der Waals surface area contributed by atoms with Crippen molar-refractivity contribution in [2.45, 2.75) is 26.2 Å². The average molecular weight is 191 g/mol. The van der Waals surface area contributed by atoms with Crippen molar-refractivity contribution in [3.8, 4) is 0 Å². The van der Waals surface area contributed by atoms with Crippen molar-refractivity contribution in [3.05, 3.63) is 29.4 Å². The lowest BCUT2D eigenvalue weighted by atomic mass is 9.88. The lowest BCUT2D eigenvalue weighted by molar-refractivity contribution is 0.584. The second-order valence-corrected chi connectivity index (χ2v) is 4.38. The van der Waals surface area contributed by atoms with Gasteiger partial charge in [-0.25, -0.2) is 0 Å². The molecule has 0 atom stereocenters. The van der Waals surface area contributed by atoms with E-state index in [1.807, 2.05) is 23.9 Å². The Balaban J connectivity index is 3.34. The minimum atomic E-state index is 0.139. The monoisotopic (exact) mass is 191 g/mol. The number of hydrogen-bond donors (Lipinski definition) is 0. The van der Waals surface area contributed by atoms with Gasteiger partial charge < -0.3 is 4.57 Å². The fourth-order valence-corrected chi connectivity index (χ4v) is 1.20. The van der Waals surface area contributed by atoms with Crippen LogP contribution in [0.3, 0.4) is 0 Å². The predicted molar refractivity (Wildman–Crippen MR) is 59.2 cm³/mol. The van der Waals surface area contributed by atoms with E-state index < -0.39 is 0 Å². The molecule has 1 aromatic heterocycles. The van der Waals surface area contributed by atoms with Crippen molar-refractivity contribution >= 4 is 6.72 Å². The number of pyridine rings is 1. The molecule has 1 aromatic rings. The van der Waals surface area contributed by atoms with Crippen LogP contribution in [0.15, 0.2) is 28.5 Å². The number of rotatable bonds is 1. The van der Waals surface area contributed by atoms with Crippen molar-refractivity contribution in [1.82, 2.24) is 4.57 Å². The summed E-state index contributed by atoms with van der Waals surface area (Å²) in [6, 6.07) is 4.14. The molecule has 1 rings (SSSR count). The third kappa shape index (κ3) is 2.31. The zero-order valence-corrected chi connectivity index (χ0v) is 9.28. The van der Waals surface area contributed by atoms with E-state index in [1.165, 1.54) is 5.56 Å². The first-order chi connectivity index (χ1) is 6.45. The SMILES string of the molecule is C=N/N=c1/cc(C(C)(C)C)ccn1C. The van der Waals surface area contributed by atoms with E-state index in [9.17, 15) is 0 Å². The zero-order chi connectivity index (χ0) is 10.8. The van der Waals surface area contributed by atoms with Gasteiger partial charge in [0.05, 0.1) is 0 Å². The maximum Gasteiger partial charge on any atom is 0.155 e. The van der Waals surface area contributed by atoms with E-state index in [-0.39, 0.29) is 5.41 Å². The van der Waals surface area contributed by atoms with Gasteiger partial charge in [0.25, 0.3) is 0 Å². The molecule has 0 aliphatic carbocycles. The Bertz CT molecular complexity index is 394. The Kier molecular flexibility index (Phi) is 2.89. The summed E-state index contributed by atoms with van der Waals surface area (Å²) in [5.74, 6) is 0. The van der Waals surface area contributed by atoms with Gasteiger partial charge in [-0.2, -0.15) is 5.10 Å². The van der Waals surface area contributed by atoms with E-state index in [0.29, 0.717) is 0 Å². The van der Waals surface area contributed by atoms with Crippen LogP contribution < -0.4 is 5.49 Å². The second kappa shape index (κ2) is 3.78. The average Bonchev–Trinajstić information content (AvgIpc) is 2.07. The highest BCUT2D eigenvalue weighted by molar-refractivity contribution is 5.23. The van der Waals surface area contributed by atoms with Gasteiger partial charge in [0, 0.05) is 20.0 Å². The summed E-state index contributed by atoms with van der Waals surface area (Å²) in [4.78, 5) is 0. The highest BCUT2D eigenvalue weighted by Gasteiger charge is 2.13. The highest BCUT2D eigenvalue weighted by Crippen LogP contribution is 2.19. The standard InChI is InChI=1S/C11H17N3/c1-11(2,3)9-6-7-14(5)10(8-9)13-12-4/h6-8H,4H2,1-3,5H3/b13-10-. The molecule has 0 amide bonds. The van der Waals surface area contributed by atoms with Crippen LogP contribution in [0.5, 0.6) is 0 Å². The smallest absolute Gasteiger partial charge is 0.155 e. The predicted octanol–water partition coefficient (Wildman–Crippen LogP) is 1.84. The van der Waals surface area contributed by atoms with Crippen molar-refractivity contribution in [2.75, 3.05) is 0 Å². The van der Waals surface area contributed by atoms with Gasteiger partial charge in [0.2, 0.25) is 0 Å². The van der Waals surface area contributed by atoms with Gasteiger partial charge in [-0.3, -0.25) is 0 Å². The largest absolute Gasteiger partial charge is 0.335 e. The Morgan fingerprint density at radius 1 is 1.36 bits per heavy atom. The summed E-state index contributed by atoms with van der Waals surface area (Å²) in [6.07, 6.45) is 1.99. The van der Waals surface area contributed by atoms with Gasteiger partial charge >= 0.3 is 0 Å². The molecule has 0 spiro atoms. The van der Waals surface area contributed by atoms with Crippen molar-refractivity contribution in [1.29, 1.82) is 0 Å². The Hall–Kier alpha value is -1.38. The van der Waals surface area contributed by atoms with Gasteiger partial charge in [-0.05, 0) is 23.1 Å². The van der Waals surface area contributed by atoms with E-state index in [1.54, 1.807) is 0 Å². The molecular formula is C11H17N3. The topological polar surface area (TPSA) is 29.6 Å². The summed E-state index contributed by atoms with van der Waals surface area (Å²) < 4.78 is 1.92. The first kappa shape index (κ1) is 10.7. The molecule has 0 fully saturated rings. The summed E-state index contributed by atoms with van der Waals surface area (Å²) >= 11 is 0. The third-order valence-electron chi connectivity index (χ3n) is 2.16. The molecule has 0 saturated carbocycles. The quantitative estimate of drug-likeness (QED) is 0.479. The Morgan fingerprint density at radius 3 is 2.50 bits per heavy atom. The molecule has 3 nitrogen and oxygen atoms in total. The Labute approximate surface area is 84.8 Å². The van der Waals surface area contributed by atoms with Crippen LogP contribution in [-0.4, -0.2) is 11.3 Å². The highest BCUT2D eigenvalue weighted by atomic mass is 15.2. The third-order valence-corrected chi connectivity index (χ3v) is 2.16. The van der Waals surface area contributed by atoms with E-state index in [0.717, 1.165) is 5.49 Å². The van der Waals surface area contributed by atoms with Crippen molar-refractivity contribution in [2.24, 2.45) is 17.3 Å². The molecule has 0 bridgehead atoms. The molecule has 76 valence electrons. The number of nitrogens with zero attached hydrogens (tertiary/aromatic N) is 3. The fraction of sp³-hybridized carbons (Fsp3) is 0.455. The summed E-state index contributed by atoms with van der Waals surface area (Å²) in [7, 11) is 1.94. The maximum atomic E-state index is 3.96. The lowest BCUT2D eigenvalue weighted by Gasteiger charge is -2.19. The Morgan fingerprint density at radius 2 is 2.00 bits per heavy atom. The molecule has 1 heterocycles. The van der Waals surface area contributed by atoms with Crippen LogP contribution in [0.25, 0.3) is 0 Å². The normalized spacial score (nSPS) is 13.0. The minimum Gasteiger partial charge on any atom is -0.335 e. The van der Waals surface area contributed by atoms with E-state index in [2.05, 4.69) is 43.8 Å². The first-order valence-electron chi connectivity index (χ1n) is 4.62. The molecule has 0 aliphatic heterocycles. The molecular weight excluding hydrogens is 174 g/mol. The molecule has 14 heavy (non-hydrogen) atoms.